The fraction of sp³-hybridized carbons (Fsp3) is 0.240. The fourth-order valence-corrected chi connectivity index (χ4v) is 6.23. The first-order valence-electron chi connectivity index (χ1n) is 10.4. The molecule has 32 heavy (non-hydrogen) atoms. The smallest absolute Gasteiger partial charge is 0.243 e. The van der Waals surface area contributed by atoms with Gasteiger partial charge in [-0.05, 0) is 53.9 Å². The van der Waals surface area contributed by atoms with Crippen molar-refractivity contribution in [1.82, 2.24) is 4.31 Å². The Bertz CT molecular complexity index is 1180. The minimum absolute atomic E-state index is 0.0184. The molecule has 1 heterocycles. The number of Topliss-reactive ketones (excluding diaryl/α,β-unsaturated/α-hetero) is 1. The Morgan fingerprint density at radius 2 is 1.41 bits per heavy atom. The lowest BCUT2D eigenvalue weighted by molar-refractivity contribution is -0.122. The Morgan fingerprint density at radius 3 is 1.94 bits per heavy atom. The number of ketones is 1. The van der Waals surface area contributed by atoms with Gasteiger partial charge in [0.15, 0.2) is 0 Å². The number of hydrogen-bond acceptors (Lipinski definition) is 3. The van der Waals surface area contributed by atoms with Crippen molar-refractivity contribution in [2.75, 3.05) is 6.54 Å². The standard InChI is InChI=1S/C25H23F2NO3S/c1-17-4-2-3-5-24(17)32(30,31)28-15-14-22(29)16-23(28)25(18-6-10-20(26)11-7-18)19-8-12-21(27)13-9-19/h2-13,23,25H,14-16H2,1H3. The minimum atomic E-state index is -3.91. The molecule has 0 bridgehead atoms. The van der Waals surface area contributed by atoms with Gasteiger partial charge in [0.1, 0.15) is 17.4 Å². The van der Waals surface area contributed by atoms with Crippen molar-refractivity contribution >= 4 is 15.8 Å². The van der Waals surface area contributed by atoms with E-state index in [0.717, 1.165) is 0 Å². The number of benzene rings is 3. The first-order valence-corrected chi connectivity index (χ1v) is 11.8. The average molecular weight is 456 g/mol. The Balaban J connectivity index is 1.86. The summed E-state index contributed by atoms with van der Waals surface area (Å²) in [6, 6.07) is 17.5. The number of halogens is 2. The summed E-state index contributed by atoms with van der Waals surface area (Å²) in [7, 11) is -3.91. The van der Waals surface area contributed by atoms with Crippen LogP contribution in [-0.2, 0) is 14.8 Å². The van der Waals surface area contributed by atoms with E-state index in [4.69, 9.17) is 0 Å². The van der Waals surface area contributed by atoms with E-state index in [1.165, 1.54) is 28.6 Å². The number of carbonyl (C=O) groups is 1. The van der Waals surface area contributed by atoms with Crippen LogP contribution in [0, 0.1) is 18.6 Å². The summed E-state index contributed by atoms with van der Waals surface area (Å²) >= 11 is 0. The maximum absolute atomic E-state index is 13.7. The maximum atomic E-state index is 13.7. The number of rotatable bonds is 5. The molecule has 1 unspecified atom stereocenters. The molecule has 0 aliphatic carbocycles. The molecule has 0 amide bonds. The quantitative estimate of drug-likeness (QED) is 0.554. The summed E-state index contributed by atoms with van der Waals surface area (Å²) in [4.78, 5) is 12.7. The number of piperidine rings is 1. The van der Waals surface area contributed by atoms with Gasteiger partial charge in [-0.2, -0.15) is 4.31 Å². The van der Waals surface area contributed by atoms with Gasteiger partial charge < -0.3 is 0 Å². The highest BCUT2D eigenvalue weighted by atomic mass is 32.2. The summed E-state index contributed by atoms with van der Waals surface area (Å²) < 4.78 is 56.0. The van der Waals surface area contributed by atoms with Crippen LogP contribution in [0.5, 0.6) is 0 Å². The summed E-state index contributed by atoms with van der Waals surface area (Å²) in [5.41, 5.74) is 1.92. The summed E-state index contributed by atoms with van der Waals surface area (Å²) in [6.45, 7) is 1.79. The average Bonchev–Trinajstić information content (AvgIpc) is 2.77. The lowest BCUT2D eigenvalue weighted by atomic mass is 9.81. The highest BCUT2D eigenvalue weighted by Gasteiger charge is 2.42. The third-order valence-electron chi connectivity index (χ3n) is 5.94. The highest BCUT2D eigenvalue weighted by Crippen LogP contribution is 2.38. The molecule has 0 saturated carbocycles. The molecule has 1 atom stereocenters. The number of nitrogens with zero attached hydrogens (tertiary/aromatic N) is 1. The van der Waals surface area contributed by atoms with Gasteiger partial charge in [0, 0.05) is 31.3 Å². The third kappa shape index (κ3) is 4.36. The maximum Gasteiger partial charge on any atom is 0.243 e. The molecule has 4 rings (SSSR count). The van der Waals surface area contributed by atoms with E-state index < -0.39 is 33.6 Å². The summed E-state index contributed by atoms with van der Waals surface area (Å²) in [6.07, 6.45) is 0.145. The van der Waals surface area contributed by atoms with Crippen LogP contribution < -0.4 is 0 Å². The SMILES string of the molecule is Cc1ccccc1S(=O)(=O)N1CCC(=O)CC1C(c1ccc(F)cc1)c1ccc(F)cc1. The Morgan fingerprint density at radius 1 is 0.875 bits per heavy atom. The van der Waals surface area contributed by atoms with Crippen molar-refractivity contribution in [3.63, 3.8) is 0 Å². The van der Waals surface area contributed by atoms with Crippen LogP contribution >= 0.6 is 0 Å². The predicted octanol–water partition coefficient (Wildman–Crippen LogP) is 4.83. The van der Waals surface area contributed by atoms with Gasteiger partial charge in [0.05, 0.1) is 4.90 Å². The van der Waals surface area contributed by atoms with Crippen LogP contribution in [0.2, 0.25) is 0 Å². The molecule has 0 N–H and O–H groups in total. The van der Waals surface area contributed by atoms with Gasteiger partial charge in [-0.3, -0.25) is 4.79 Å². The number of aryl methyl sites for hydroxylation is 1. The summed E-state index contributed by atoms with van der Waals surface area (Å²) in [5, 5.41) is 0. The molecule has 1 aliphatic heterocycles. The van der Waals surface area contributed by atoms with Gasteiger partial charge in [-0.1, -0.05) is 42.5 Å². The fourth-order valence-electron chi connectivity index (χ4n) is 4.37. The zero-order valence-electron chi connectivity index (χ0n) is 17.5. The van der Waals surface area contributed by atoms with E-state index in [1.54, 1.807) is 55.5 Å². The van der Waals surface area contributed by atoms with Crippen LogP contribution in [0.4, 0.5) is 8.78 Å². The van der Waals surface area contributed by atoms with Crippen molar-refractivity contribution in [2.24, 2.45) is 0 Å². The van der Waals surface area contributed by atoms with Gasteiger partial charge >= 0.3 is 0 Å². The third-order valence-corrected chi connectivity index (χ3v) is 8.03. The van der Waals surface area contributed by atoms with Gasteiger partial charge in [0.25, 0.3) is 0 Å². The molecule has 3 aromatic rings. The zero-order valence-corrected chi connectivity index (χ0v) is 18.4. The second-order valence-corrected chi connectivity index (χ2v) is 9.88. The van der Waals surface area contributed by atoms with Crippen molar-refractivity contribution < 1.29 is 22.0 Å². The van der Waals surface area contributed by atoms with Crippen molar-refractivity contribution in [1.29, 1.82) is 0 Å². The number of carbonyl (C=O) groups excluding carboxylic acids is 1. The van der Waals surface area contributed by atoms with E-state index >= 15 is 0 Å². The molecular formula is C25H23F2NO3S. The predicted molar refractivity (Wildman–Crippen MR) is 118 cm³/mol. The molecule has 1 aliphatic rings. The van der Waals surface area contributed by atoms with Crippen molar-refractivity contribution in [3.8, 4) is 0 Å². The van der Waals surface area contributed by atoms with Crippen LogP contribution in [-0.4, -0.2) is 31.1 Å². The zero-order chi connectivity index (χ0) is 22.9. The lowest BCUT2D eigenvalue weighted by Gasteiger charge is -2.39. The second-order valence-electron chi connectivity index (χ2n) is 8.02. The topological polar surface area (TPSA) is 54.5 Å². The molecule has 1 saturated heterocycles. The minimum Gasteiger partial charge on any atom is -0.300 e. The first-order chi connectivity index (χ1) is 15.3. The van der Waals surface area contributed by atoms with E-state index in [2.05, 4.69) is 0 Å². The van der Waals surface area contributed by atoms with Gasteiger partial charge in [-0.25, -0.2) is 17.2 Å². The Hall–Kier alpha value is -2.90. The Labute approximate surface area is 186 Å². The van der Waals surface area contributed by atoms with Crippen LogP contribution in [0.1, 0.15) is 35.4 Å². The molecule has 7 heteroatoms. The molecule has 3 aromatic carbocycles. The first kappa shape index (κ1) is 22.3. The van der Waals surface area contributed by atoms with E-state index in [1.807, 2.05) is 0 Å². The monoisotopic (exact) mass is 455 g/mol. The molecule has 4 nitrogen and oxygen atoms in total. The van der Waals surface area contributed by atoms with Crippen LogP contribution in [0.25, 0.3) is 0 Å². The second kappa shape index (κ2) is 8.92. The normalized spacial score (nSPS) is 17.6. The molecular weight excluding hydrogens is 432 g/mol. The molecule has 166 valence electrons. The molecule has 0 spiro atoms. The van der Waals surface area contributed by atoms with E-state index in [-0.39, 0.29) is 30.1 Å². The highest BCUT2D eigenvalue weighted by molar-refractivity contribution is 7.89. The molecule has 0 radical (unpaired) electrons. The van der Waals surface area contributed by atoms with E-state index in [0.29, 0.717) is 16.7 Å². The molecule has 1 fully saturated rings. The van der Waals surface area contributed by atoms with Crippen molar-refractivity contribution in [2.45, 2.75) is 36.6 Å². The van der Waals surface area contributed by atoms with Gasteiger partial charge in [-0.15, -0.1) is 0 Å². The Kier molecular flexibility index (Phi) is 6.22. The molecule has 0 aromatic heterocycles. The van der Waals surface area contributed by atoms with Crippen molar-refractivity contribution in [3.05, 3.63) is 101 Å². The summed E-state index contributed by atoms with van der Waals surface area (Å²) in [5.74, 6) is -1.45. The number of hydrogen-bond donors (Lipinski definition) is 0. The van der Waals surface area contributed by atoms with E-state index in [9.17, 15) is 22.0 Å². The van der Waals surface area contributed by atoms with Crippen LogP contribution in [0.3, 0.4) is 0 Å². The lowest BCUT2D eigenvalue weighted by Crippen LogP contribution is -2.49. The number of sulfonamides is 1. The van der Waals surface area contributed by atoms with Gasteiger partial charge in [0.2, 0.25) is 10.0 Å². The largest absolute Gasteiger partial charge is 0.300 e. The van der Waals surface area contributed by atoms with Crippen LogP contribution in [0.15, 0.2) is 77.7 Å².